The molecule has 1 rings (SSSR count). The van der Waals surface area contributed by atoms with Crippen molar-refractivity contribution in [3.63, 3.8) is 0 Å². The first-order chi connectivity index (χ1) is 7.12. The molecule has 0 aromatic carbocycles. The standard InChI is InChI=1S/C14H29NO/c1-12(2,3)10-15-11-14(16)8-6-13(4,5)7-9-14/h15-16H,6-11H2,1-5H3. The van der Waals surface area contributed by atoms with Gasteiger partial charge in [-0.2, -0.15) is 0 Å². The van der Waals surface area contributed by atoms with Crippen LogP contribution >= 0.6 is 0 Å². The first-order valence-electron chi connectivity index (χ1n) is 6.55. The molecule has 1 saturated carbocycles. The van der Waals surface area contributed by atoms with Crippen molar-refractivity contribution in [3.05, 3.63) is 0 Å². The van der Waals surface area contributed by atoms with Crippen molar-refractivity contribution in [1.29, 1.82) is 0 Å². The average Bonchev–Trinajstić information content (AvgIpc) is 2.09. The maximum atomic E-state index is 10.4. The highest BCUT2D eigenvalue weighted by Gasteiger charge is 2.36. The number of nitrogens with one attached hydrogen (secondary N) is 1. The molecule has 0 atom stereocenters. The number of aliphatic hydroxyl groups is 1. The van der Waals surface area contributed by atoms with E-state index in [0.29, 0.717) is 10.8 Å². The van der Waals surface area contributed by atoms with Gasteiger partial charge in [0.25, 0.3) is 0 Å². The normalized spacial score (nSPS) is 24.4. The van der Waals surface area contributed by atoms with Crippen LogP contribution in [0.25, 0.3) is 0 Å². The fourth-order valence-electron chi connectivity index (χ4n) is 2.24. The van der Waals surface area contributed by atoms with Crippen molar-refractivity contribution in [2.75, 3.05) is 13.1 Å². The van der Waals surface area contributed by atoms with Crippen molar-refractivity contribution < 1.29 is 5.11 Å². The van der Waals surface area contributed by atoms with Gasteiger partial charge in [0.15, 0.2) is 0 Å². The molecule has 0 aromatic rings. The third kappa shape index (κ3) is 4.84. The molecule has 0 bridgehead atoms. The van der Waals surface area contributed by atoms with Gasteiger partial charge in [0, 0.05) is 13.1 Å². The fraction of sp³-hybridized carbons (Fsp3) is 1.00. The van der Waals surface area contributed by atoms with Crippen molar-refractivity contribution in [2.24, 2.45) is 10.8 Å². The Morgan fingerprint density at radius 3 is 2.00 bits per heavy atom. The lowest BCUT2D eigenvalue weighted by Gasteiger charge is -2.40. The van der Waals surface area contributed by atoms with Crippen LogP contribution in [0, 0.1) is 10.8 Å². The van der Waals surface area contributed by atoms with Crippen molar-refractivity contribution in [2.45, 2.75) is 65.9 Å². The summed E-state index contributed by atoms with van der Waals surface area (Å²) in [4.78, 5) is 0. The third-order valence-corrected chi connectivity index (χ3v) is 3.64. The molecule has 0 aliphatic heterocycles. The second-order valence-corrected chi connectivity index (χ2v) is 7.55. The van der Waals surface area contributed by atoms with E-state index < -0.39 is 5.60 Å². The Hall–Kier alpha value is -0.0800. The van der Waals surface area contributed by atoms with E-state index in [1.807, 2.05) is 0 Å². The van der Waals surface area contributed by atoms with Gasteiger partial charge in [-0.3, -0.25) is 0 Å². The quantitative estimate of drug-likeness (QED) is 0.777. The SMILES string of the molecule is CC(C)(C)CNCC1(O)CCC(C)(C)CC1. The van der Waals surface area contributed by atoms with Crippen molar-refractivity contribution >= 4 is 0 Å². The van der Waals surface area contributed by atoms with Crippen LogP contribution in [0.4, 0.5) is 0 Å². The molecule has 0 radical (unpaired) electrons. The predicted molar refractivity (Wildman–Crippen MR) is 69.5 cm³/mol. The van der Waals surface area contributed by atoms with Gasteiger partial charge >= 0.3 is 0 Å². The Morgan fingerprint density at radius 1 is 1.06 bits per heavy atom. The largest absolute Gasteiger partial charge is 0.389 e. The summed E-state index contributed by atoms with van der Waals surface area (Å²) in [6, 6.07) is 0. The van der Waals surface area contributed by atoms with Crippen LogP contribution in [0.3, 0.4) is 0 Å². The molecule has 96 valence electrons. The highest BCUT2D eigenvalue weighted by atomic mass is 16.3. The number of hydrogen-bond donors (Lipinski definition) is 2. The minimum Gasteiger partial charge on any atom is -0.389 e. The molecule has 0 spiro atoms. The zero-order valence-corrected chi connectivity index (χ0v) is 11.7. The average molecular weight is 227 g/mol. The first kappa shape index (κ1) is 14.0. The lowest BCUT2D eigenvalue weighted by molar-refractivity contribution is -0.0252. The topological polar surface area (TPSA) is 32.3 Å². The van der Waals surface area contributed by atoms with Crippen molar-refractivity contribution in [1.82, 2.24) is 5.32 Å². The molecule has 0 unspecified atom stereocenters. The van der Waals surface area contributed by atoms with Crippen LogP contribution in [0.1, 0.15) is 60.3 Å². The molecule has 16 heavy (non-hydrogen) atoms. The summed E-state index contributed by atoms with van der Waals surface area (Å²) in [5.74, 6) is 0. The zero-order chi connectivity index (χ0) is 12.4. The molecule has 2 nitrogen and oxygen atoms in total. The molecule has 0 saturated heterocycles. The smallest absolute Gasteiger partial charge is 0.0772 e. The first-order valence-corrected chi connectivity index (χ1v) is 6.55. The van der Waals surface area contributed by atoms with Gasteiger partial charge in [-0.25, -0.2) is 0 Å². The highest BCUT2D eigenvalue weighted by Crippen LogP contribution is 2.39. The molecule has 2 heteroatoms. The van der Waals surface area contributed by atoms with E-state index in [-0.39, 0.29) is 0 Å². The summed E-state index contributed by atoms with van der Waals surface area (Å²) in [5.41, 5.74) is 0.265. The van der Waals surface area contributed by atoms with Crippen LogP contribution < -0.4 is 5.32 Å². The van der Waals surface area contributed by atoms with Gasteiger partial charge in [0.05, 0.1) is 5.60 Å². The summed E-state index contributed by atoms with van der Waals surface area (Å²) in [7, 11) is 0. The van der Waals surface area contributed by atoms with E-state index in [1.54, 1.807) is 0 Å². The summed E-state index contributed by atoms with van der Waals surface area (Å²) < 4.78 is 0. The Bertz CT molecular complexity index is 217. The van der Waals surface area contributed by atoms with Crippen LogP contribution in [0.2, 0.25) is 0 Å². The summed E-state index contributed by atoms with van der Waals surface area (Å²) in [6.45, 7) is 13.0. The molecule has 0 amide bonds. The molecule has 1 aliphatic rings. The molecular formula is C14H29NO. The van der Waals surface area contributed by atoms with Gasteiger partial charge in [-0.1, -0.05) is 34.6 Å². The van der Waals surface area contributed by atoms with Crippen LogP contribution in [0.15, 0.2) is 0 Å². The van der Waals surface area contributed by atoms with E-state index in [2.05, 4.69) is 39.9 Å². The Morgan fingerprint density at radius 2 is 1.56 bits per heavy atom. The summed E-state index contributed by atoms with van der Waals surface area (Å²) >= 11 is 0. The predicted octanol–water partition coefficient (Wildman–Crippen LogP) is 2.95. The minimum atomic E-state index is -0.458. The highest BCUT2D eigenvalue weighted by molar-refractivity contribution is 4.90. The fourth-order valence-corrected chi connectivity index (χ4v) is 2.24. The van der Waals surface area contributed by atoms with Crippen molar-refractivity contribution in [3.8, 4) is 0 Å². The molecule has 1 aliphatic carbocycles. The summed E-state index contributed by atoms with van der Waals surface area (Å²) in [5, 5.41) is 13.9. The van der Waals surface area contributed by atoms with E-state index in [0.717, 1.165) is 38.8 Å². The maximum Gasteiger partial charge on any atom is 0.0772 e. The third-order valence-electron chi connectivity index (χ3n) is 3.64. The Labute approximate surface area is 101 Å². The van der Waals surface area contributed by atoms with E-state index >= 15 is 0 Å². The molecule has 2 N–H and O–H groups in total. The maximum absolute atomic E-state index is 10.4. The number of rotatable bonds is 3. The van der Waals surface area contributed by atoms with Gasteiger partial charge in [-0.15, -0.1) is 0 Å². The van der Waals surface area contributed by atoms with E-state index in [4.69, 9.17) is 0 Å². The summed E-state index contributed by atoms with van der Waals surface area (Å²) in [6.07, 6.45) is 4.16. The van der Waals surface area contributed by atoms with E-state index in [9.17, 15) is 5.11 Å². The van der Waals surface area contributed by atoms with Gasteiger partial charge < -0.3 is 10.4 Å². The Kier molecular flexibility index (Phi) is 4.07. The van der Waals surface area contributed by atoms with Crippen LogP contribution in [-0.2, 0) is 0 Å². The second kappa shape index (κ2) is 4.66. The molecular weight excluding hydrogens is 198 g/mol. The lowest BCUT2D eigenvalue weighted by Crippen LogP contribution is -2.46. The van der Waals surface area contributed by atoms with Gasteiger partial charge in [-0.05, 0) is 36.5 Å². The van der Waals surface area contributed by atoms with Crippen LogP contribution in [0.5, 0.6) is 0 Å². The second-order valence-electron chi connectivity index (χ2n) is 7.55. The number of hydrogen-bond acceptors (Lipinski definition) is 2. The minimum absolute atomic E-state index is 0.296. The Balaban J connectivity index is 2.32. The molecule has 0 heterocycles. The monoisotopic (exact) mass is 227 g/mol. The molecule has 1 fully saturated rings. The molecule has 0 aromatic heterocycles. The van der Waals surface area contributed by atoms with E-state index in [1.165, 1.54) is 0 Å². The lowest BCUT2D eigenvalue weighted by atomic mass is 9.71. The van der Waals surface area contributed by atoms with Gasteiger partial charge in [0.2, 0.25) is 0 Å². The zero-order valence-electron chi connectivity index (χ0n) is 11.7. The van der Waals surface area contributed by atoms with Crippen LogP contribution in [-0.4, -0.2) is 23.8 Å². The van der Waals surface area contributed by atoms with Gasteiger partial charge in [0.1, 0.15) is 0 Å².